The fourth-order valence-electron chi connectivity index (χ4n) is 4.02. The minimum atomic E-state index is -1.28. The standard InChI is InChI=1S/C31H32FN5O5/c1-31(2,3)37-27(18-34-36-37)23-14-24(16-25(32)15-23)28(38)33-17-26(29(39)41-19-21-10-6-4-7-11-21)35-30(40)42-20-22-12-8-5-9-13-22/h4-16,18,26H,17,19-20H2,1-3H3,(H,33,38)(H,35,40)/t26-/m1/s1. The van der Waals surface area contributed by atoms with Crippen LogP contribution in [0.15, 0.2) is 85.1 Å². The third kappa shape index (κ3) is 8.23. The molecule has 0 saturated carbocycles. The Morgan fingerprint density at radius 1 is 0.905 bits per heavy atom. The van der Waals surface area contributed by atoms with Crippen LogP contribution in [0.25, 0.3) is 11.3 Å². The van der Waals surface area contributed by atoms with Gasteiger partial charge in [0.05, 0.1) is 17.4 Å². The molecule has 0 spiro atoms. The summed E-state index contributed by atoms with van der Waals surface area (Å²) < 4.78 is 26.9. The quantitative estimate of drug-likeness (QED) is 0.266. The smallest absolute Gasteiger partial charge is 0.408 e. The molecule has 1 atom stereocenters. The first kappa shape index (κ1) is 29.9. The van der Waals surface area contributed by atoms with Crippen molar-refractivity contribution in [1.29, 1.82) is 0 Å². The van der Waals surface area contributed by atoms with Crippen LogP contribution in [0.2, 0.25) is 0 Å². The van der Waals surface area contributed by atoms with Crippen molar-refractivity contribution in [3.63, 3.8) is 0 Å². The summed E-state index contributed by atoms with van der Waals surface area (Å²) in [7, 11) is 0. The van der Waals surface area contributed by atoms with Gasteiger partial charge in [0.15, 0.2) is 0 Å². The normalized spacial score (nSPS) is 11.8. The van der Waals surface area contributed by atoms with Gasteiger partial charge in [0, 0.05) is 17.7 Å². The maximum absolute atomic E-state index is 14.6. The lowest BCUT2D eigenvalue weighted by molar-refractivity contribution is -0.147. The molecule has 4 aromatic rings. The monoisotopic (exact) mass is 573 g/mol. The molecule has 10 nitrogen and oxygen atoms in total. The first-order chi connectivity index (χ1) is 20.1. The van der Waals surface area contributed by atoms with Gasteiger partial charge >= 0.3 is 12.1 Å². The molecule has 0 bridgehead atoms. The molecule has 0 fully saturated rings. The van der Waals surface area contributed by atoms with Crippen LogP contribution < -0.4 is 10.6 Å². The van der Waals surface area contributed by atoms with Gasteiger partial charge in [0.25, 0.3) is 5.91 Å². The predicted molar refractivity (Wildman–Crippen MR) is 153 cm³/mol. The van der Waals surface area contributed by atoms with Crippen molar-refractivity contribution in [3.05, 3.63) is 108 Å². The van der Waals surface area contributed by atoms with E-state index in [2.05, 4.69) is 20.9 Å². The molecule has 1 aromatic heterocycles. The Hall–Kier alpha value is -5.06. The van der Waals surface area contributed by atoms with E-state index in [9.17, 15) is 18.8 Å². The molecule has 0 unspecified atom stereocenters. The number of ether oxygens (including phenoxy) is 2. The Morgan fingerprint density at radius 2 is 1.52 bits per heavy atom. The zero-order chi connectivity index (χ0) is 30.1. The number of nitrogens with one attached hydrogen (secondary N) is 2. The highest BCUT2D eigenvalue weighted by molar-refractivity contribution is 5.96. The van der Waals surface area contributed by atoms with Gasteiger partial charge in [-0.15, -0.1) is 5.10 Å². The number of alkyl carbamates (subject to hydrolysis) is 1. The number of hydrogen-bond acceptors (Lipinski definition) is 7. The lowest BCUT2D eigenvalue weighted by Gasteiger charge is -2.21. The topological polar surface area (TPSA) is 124 Å². The van der Waals surface area contributed by atoms with E-state index in [-0.39, 0.29) is 25.3 Å². The molecule has 218 valence electrons. The molecule has 4 rings (SSSR count). The number of amides is 2. The fraction of sp³-hybridized carbons (Fsp3) is 0.258. The van der Waals surface area contributed by atoms with Gasteiger partial charge in [0.1, 0.15) is 25.1 Å². The van der Waals surface area contributed by atoms with Crippen LogP contribution in [-0.4, -0.2) is 45.6 Å². The second-order valence-electron chi connectivity index (χ2n) is 10.5. The molecule has 3 aromatic carbocycles. The molecule has 0 saturated heterocycles. The fourth-order valence-corrected chi connectivity index (χ4v) is 4.02. The van der Waals surface area contributed by atoms with Crippen molar-refractivity contribution in [3.8, 4) is 11.3 Å². The predicted octanol–water partition coefficient (Wildman–Crippen LogP) is 4.61. The molecule has 2 N–H and O–H groups in total. The average molecular weight is 574 g/mol. The summed E-state index contributed by atoms with van der Waals surface area (Å²) in [6.45, 7) is 5.39. The van der Waals surface area contributed by atoms with Crippen LogP contribution in [-0.2, 0) is 33.0 Å². The maximum atomic E-state index is 14.6. The second kappa shape index (κ2) is 13.5. The number of rotatable bonds is 10. The Bertz CT molecular complexity index is 1520. The third-order valence-electron chi connectivity index (χ3n) is 6.12. The number of carbonyl (C=O) groups excluding carboxylic acids is 3. The molecule has 0 aliphatic rings. The molecule has 42 heavy (non-hydrogen) atoms. The van der Waals surface area contributed by atoms with Crippen molar-refractivity contribution in [1.82, 2.24) is 25.6 Å². The van der Waals surface area contributed by atoms with Gasteiger partial charge in [-0.2, -0.15) is 0 Å². The summed E-state index contributed by atoms with van der Waals surface area (Å²) in [5.41, 5.74) is 2.01. The number of esters is 1. The van der Waals surface area contributed by atoms with Gasteiger partial charge < -0.3 is 20.1 Å². The molecule has 0 aliphatic heterocycles. The average Bonchev–Trinajstić information content (AvgIpc) is 3.49. The number of hydrogen-bond donors (Lipinski definition) is 2. The van der Waals surface area contributed by atoms with Crippen LogP contribution in [0.3, 0.4) is 0 Å². The number of aromatic nitrogens is 3. The summed E-state index contributed by atoms with van der Waals surface area (Å²) in [6, 6.07) is 20.6. The van der Waals surface area contributed by atoms with E-state index >= 15 is 0 Å². The largest absolute Gasteiger partial charge is 0.459 e. The van der Waals surface area contributed by atoms with Crippen LogP contribution >= 0.6 is 0 Å². The highest BCUT2D eigenvalue weighted by Crippen LogP contribution is 2.26. The zero-order valence-electron chi connectivity index (χ0n) is 23.5. The number of nitrogens with zero attached hydrogens (tertiary/aromatic N) is 3. The maximum Gasteiger partial charge on any atom is 0.408 e. The highest BCUT2D eigenvalue weighted by Gasteiger charge is 2.25. The zero-order valence-corrected chi connectivity index (χ0v) is 23.5. The summed E-state index contributed by atoms with van der Waals surface area (Å²) >= 11 is 0. The number of carbonyl (C=O) groups is 3. The second-order valence-corrected chi connectivity index (χ2v) is 10.5. The summed E-state index contributed by atoms with van der Waals surface area (Å²) in [5, 5.41) is 13.1. The van der Waals surface area contributed by atoms with Crippen molar-refractivity contribution in [2.45, 2.75) is 45.6 Å². The number of halogens is 1. The minimum Gasteiger partial charge on any atom is -0.459 e. The number of benzene rings is 3. The van der Waals surface area contributed by atoms with Gasteiger partial charge in [-0.3, -0.25) is 4.79 Å². The van der Waals surface area contributed by atoms with Gasteiger partial charge in [-0.1, -0.05) is 65.9 Å². The van der Waals surface area contributed by atoms with Crippen LogP contribution in [0, 0.1) is 5.82 Å². The van der Waals surface area contributed by atoms with Gasteiger partial charge in [-0.05, 0) is 50.1 Å². The Morgan fingerprint density at radius 3 is 2.14 bits per heavy atom. The molecule has 11 heteroatoms. The highest BCUT2D eigenvalue weighted by atomic mass is 19.1. The lowest BCUT2D eigenvalue weighted by Crippen LogP contribution is -2.49. The van der Waals surface area contributed by atoms with E-state index in [1.165, 1.54) is 18.3 Å². The van der Waals surface area contributed by atoms with Crippen LogP contribution in [0.5, 0.6) is 0 Å². The summed E-state index contributed by atoms with van der Waals surface area (Å²) in [6.07, 6.45) is 0.622. The molecule has 0 radical (unpaired) electrons. The van der Waals surface area contributed by atoms with Crippen molar-refractivity contribution >= 4 is 18.0 Å². The van der Waals surface area contributed by atoms with Crippen molar-refractivity contribution < 1.29 is 28.2 Å². The molecular weight excluding hydrogens is 541 g/mol. The van der Waals surface area contributed by atoms with Gasteiger partial charge in [0.2, 0.25) is 0 Å². The van der Waals surface area contributed by atoms with E-state index in [1.807, 2.05) is 32.9 Å². The third-order valence-corrected chi connectivity index (χ3v) is 6.12. The van der Waals surface area contributed by atoms with Crippen molar-refractivity contribution in [2.24, 2.45) is 0 Å². The Kier molecular flexibility index (Phi) is 9.64. The minimum absolute atomic E-state index is 0.00900. The molecule has 0 aliphatic carbocycles. The van der Waals surface area contributed by atoms with E-state index in [0.29, 0.717) is 11.3 Å². The molecular formula is C31H32FN5O5. The van der Waals surface area contributed by atoms with E-state index < -0.39 is 35.4 Å². The van der Waals surface area contributed by atoms with E-state index in [0.717, 1.165) is 17.2 Å². The Labute approximate surface area is 242 Å². The first-order valence-corrected chi connectivity index (χ1v) is 13.3. The Balaban J connectivity index is 1.46. The molecule has 1 heterocycles. The molecule has 2 amide bonds. The SMILES string of the molecule is CC(C)(C)n1nncc1-c1cc(F)cc(C(=O)NC[C@@H](NC(=O)OCc2ccccc2)C(=O)OCc2ccccc2)c1. The van der Waals surface area contributed by atoms with Crippen LogP contribution in [0.4, 0.5) is 9.18 Å². The summed E-state index contributed by atoms with van der Waals surface area (Å²) in [5.74, 6) is -2.08. The van der Waals surface area contributed by atoms with E-state index in [1.54, 1.807) is 53.2 Å². The first-order valence-electron chi connectivity index (χ1n) is 13.3. The van der Waals surface area contributed by atoms with Crippen LogP contribution in [0.1, 0.15) is 42.3 Å². The lowest BCUT2D eigenvalue weighted by atomic mass is 10.0. The van der Waals surface area contributed by atoms with E-state index in [4.69, 9.17) is 9.47 Å². The van der Waals surface area contributed by atoms with Gasteiger partial charge in [-0.25, -0.2) is 18.7 Å². The summed E-state index contributed by atoms with van der Waals surface area (Å²) in [4.78, 5) is 38.6. The van der Waals surface area contributed by atoms with Crippen molar-refractivity contribution in [2.75, 3.05) is 6.54 Å².